The molecule has 1 saturated heterocycles. The van der Waals surface area contributed by atoms with E-state index in [1.807, 2.05) is 43.5 Å². The van der Waals surface area contributed by atoms with Crippen molar-refractivity contribution in [1.82, 2.24) is 25.0 Å². The van der Waals surface area contributed by atoms with Crippen molar-refractivity contribution < 1.29 is 8.78 Å². The summed E-state index contributed by atoms with van der Waals surface area (Å²) in [6.07, 6.45) is 8.36. The number of pyridine rings is 1. The van der Waals surface area contributed by atoms with Crippen molar-refractivity contribution >= 4 is 23.7 Å². The van der Waals surface area contributed by atoms with E-state index >= 15 is 0 Å². The number of anilines is 1. The van der Waals surface area contributed by atoms with Crippen molar-refractivity contribution in [1.29, 1.82) is 0 Å². The topological polar surface area (TPSA) is 49.2 Å². The van der Waals surface area contributed by atoms with Crippen LogP contribution >= 0.6 is 0 Å². The van der Waals surface area contributed by atoms with Crippen molar-refractivity contribution in [3.63, 3.8) is 0 Å². The summed E-state index contributed by atoms with van der Waals surface area (Å²) in [5.74, 6) is 0.950. The number of nitrogens with one attached hydrogen (secondary N) is 1. The average Bonchev–Trinajstić information content (AvgIpc) is 3.35. The quantitative estimate of drug-likeness (QED) is 0.475. The van der Waals surface area contributed by atoms with Crippen molar-refractivity contribution in [2.45, 2.75) is 13.5 Å². The first-order valence-corrected chi connectivity index (χ1v) is 11.5. The number of hydrogen-bond donors (Lipinski definition) is 1. The molecule has 0 atom stereocenters. The molecule has 3 aromatic rings. The molecule has 35 heavy (non-hydrogen) atoms. The first-order chi connectivity index (χ1) is 16.8. The normalized spacial score (nSPS) is 14.9. The van der Waals surface area contributed by atoms with Gasteiger partial charge in [0.15, 0.2) is 0 Å². The lowest BCUT2D eigenvalue weighted by Crippen LogP contribution is -2.44. The van der Waals surface area contributed by atoms with Crippen LogP contribution in [0.25, 0.3) is 29.0 Å². The maximum Gasteiger partial charge on any atom is 0.333 e. The van der Waals surface area contributed by atoms with Gasteiger partial charge < -0.3 is 15.1 Å². The van der Waals surface area contributed by atoms with Gasteiger partial charge in [0.1, 0.15) is 5.82 Å². The van der Waals surface area contributed by atoms with Gasteiger partial charge in [-0.2, -0.15) is 13.9 Å². The molecule has 1 fully saturated rings. The predicted molar refractivity (Wildman–Crippen MR) is 139 cm³/mol. The van der Waals surface area contributed by atoms with Gasteiger partial charge >= 0.3 is 6.55 Å². The van der Waals surface area contributed by atoms with Crippen molar-refractivity contribution in [2.24, 2.45) is 0 Å². The lowest BCUT2D eigenvalue weighted by molar-refractivity contribution is 0.0566. The first-order valence-electron chi connectivity index (χ1n) is 11.5. The summed E-state index contributed by atoms with van der Waals surface area (Å²) in [5.41, 5.74) is 5.89. The van der Waals surface area contributed by atoms with E-state index in [1.54, 1.807) is 6.08 Å². The largest absolute Gasteiger partial charge is 0.359 e. The van der Waals surface area contributed by atoms with Gasteiger partial charge in [-0.1, -0.05) is 31.4 Å². The molecule has 0 aliphatic carbocycles. The Labute approximate surface area is 204 Å². The van der Waals surface area contributed by atoms with E-state index in [4.69, 9.17) is 0 Å². The third-order valence-corrected chi connectivity index (χ3v) is 6.08. The van der Waals surface area contributed by atoms with Crippen LogP contribution in [-0.4, -0.2) is 52.9 Å². The van der Waals surface area contributed by atoms with Gasteiger partial charge in [-0.15, -0.1) is 0 Å². The minimum atomic E-state index is -2.67. The minimum Gasteiger partial charge on any atom is -0.359 e. The Morgan fingerprint density at radius 2 is 1.86 bits per heavy atom. The van der Waals surface area contributed by atoms with Gasteiger partial charge in [0.2, 0.25) is 0 Å². The number of nitrogens with zero attached hydrogens (tertiary/aromatic N) is 5. The van der Waals surface area contributed by atoms with E-state index in [0.29, 0.717) is 10.2 Å². The van der Waals surface area contributed by atoms with Crippen LogP contribution in [0, 0.1) is 0 Å². The zero-order valence-corrected chi connectivity index (χ0v) is 20.1. The number of alkyl halides is 2. The molecule has 0 amide bonds. The molecule has 1 aromatic carbocycles. The van der Waals surface area contributed by atoms with Crippen LogP contribution in [0.5, 0.6) is 0 Å². The van der Waals surface area contributed by atoms with E-state index in [9.17, 15) is 8.78 Å². The molecule has 1 aliphatic heterocycles. The number of hydrogen-bond acceptors (Lipinski definition) is 5. The van der Waals surface area contributed by atoms with Crippen LogP contribution < -0.4 is 10.2 Å². The van der Waals surface area contributed by atoms with Gasteiger partial charge in [0.25, 0.3) is 0 Å². The van der Waals surface area contributed by atoms with Crippen LogP contribution in [0.1, 0.15) is 30.2 Å². The smallest absolute Gasteiger partial charge is 0.333 e. The summed E-state index contributed by atoms with van der Waals surface area (Å²) in [5, 5.41) is 7.11. The fourth-order valence-corrected chi connectivity index (χ4v) is 4.05. The zero-order chi connectivity index (χ0) is 24.9. The van der Waals surface area contributed by atoms with E-state index in [0.717, 1.165) is 65.6 Å². The highest BCUT2D eigenvalue weighted by Gasteiger charge is 2.16. The molecular weight excluding hydrogens is 446 g/mol. The van der Waals surface area contributed by atoms with E-state index < -0.39 is 6.55 Å². The van der Waals surface area contributed by atoms with Crippen molar-refractivity contribution in [3.8, 4) is 11.1 Å². The predicted octanol–water partition coefficient (Wildman–Crippen LogP) is 5.36. The Balaban J connectivity index is 1.52. The van der Waals surface area contributed by atoms with Crippen molar-refractivity contribution in [2.75, 3.05) is 38.1 Å². The Bertz CT molecular complexity index is 1240. The van der Waals surface area contributed by atoms with Crippen LogP contribution in [0.15, 0.2) is 67.8 Å². The summed E-state index contributed by atoms with van der Waals surface area (Å²) >= 11 is 0. The molecule has 0 saturated carbocycles. The Morgan fingerprint density at radius 1 is 1.09 bits per heavy atom. The van der Waals surface area contributed by atoms with Crippen LogP contribution in [-0.2, 0) is 0 Å². The molecule has 0 bridgehead atoms. The van der Waals surface area contributed by atoms with Gasteiger partial charge in [0.05, 0.1) is 6.20 Å². The molecular formula is C27H30F2N6. The van der Waals surface area contributed by atoms with Crippen LogP contribution in [0.2, 0.25) is 0 Å². The lowest BCUT2D eigenvalue weighted by atomic mass is 10.00. The molecule has 4 rings (SSSR count). The minimum absolute atomic E-state index is 0.624. The highest BCUT2D eigenvalue weighted by Crippen LogP contribution is 2.26. The third-order valence-electron chi connectivity index (χ3n) is 6.08. The average molecular weight is 477 g/mol. The summed E-state index contributed by atoms with van der Waals surface area (Å²) in [4.78, 5) is 9.15. The fourth-order valence-electron chi connectivity index (χ4n) is 4.05. The van der Waals surface area contributed by atoms with E-state index in [-0.39, 0.29) is 0 Å². The number of halogens is 2. The number of rotatable bonds is 8. The van der Waals surface area contributed by atoms with Crippen LogP contribution in [0.4, 0.5) is 14.6 Å². The van der Waals surface area contributed by atoms with E-state index in [2.05, 4.69) is 51.5 Å². The van der Waals surface area contributed by atoms with Crippen molar-refractivity contribution in [3.05, 3.63) is 84.5 Å². The monoisotopic (exact) mass is 476 g/mol. The maximum absolute atomic E-state index is 12.9. The number of benzene rings is 1. The Hall–Kier alpha value is -3.78. The van der Waals surface area contributed by atoms with Gasteiger partial charge in [-0.3, -0.25) is 0 Å². The second kappa shape index (κ2) is 10.7. The highest BCUT2D eigenvalue weighted by molar-refractivity contribution is 5.74. The summed E-state index contributed by atoms with van der Waals surface area (Å²) in [6.45, 7) is 11.3. The Morgan fingerprint density at radius 3 is 2.54 bits per heavy atom. The zero-order valence-electron chi connectivity index (χ0n) is 20.1. The maximum atomic E-state index is 12.9. The SMILES string of the molecule is C=Cc1ccc(-c2cnn(C(F)F)c2)cc1/C=C(\C)NC(=C)c1ccnc(N2CCN(C)CC2)c1. The number of aromatic nitrogens is 3. The summed E-state index contributed by atoms with van der Waals surface area (Å²) in [7, 11) is 2.13. The summed E-state index contributed by atoms with van der Waals surface area (Å²) < 4.78 is 26.5. The number of piperazine rings is 1. The molecule has 6 nitrogen and oxygen atoms in total. The molecule has 182 valence electrons. The first kappa shape index (κ1) is 24.3. The molecule has 3 heterocycles. The lowest BCUT2D eigenvalue weighted by Gasteiger charge is -2.33. The van der Waals surface area contributed by atoms with Gasteiger partial charge in [-0.25, -0.2) is 9.67 Å². The van der Waals surface area contributed by atoms with Gasteiger partial charge in [-0.05, 0) is 54.9 Å². The molecule has 1 N–H and O–H groups in total. The highest BCUT2D eigenvalue weighted by atomic mass is 19.3. The molecule has 0 radical (unpaired) electrons. The van der Waals surface area contributed by atoms with E-state index in [1.165, 1.54) is 12.4 Å². The number of likely N-dealkylation sites (N-methyl/N-ethyl adjacent to an activating group) is 1. The Kier molecular flexibility index (Phi) is 7.41. The molecule has 0 spiro atoms. The number of allylic oxidation sites excluding steroid dienone is 1. The second-order valence-corrected chi connectivity index (χ2v) is 8.66. The third kappa shape index (κ3) is 5.84. The molecule has 8 heteroatoms. The molecule has 2 aromatic heterocycles. The molecule has 1 aliphatic rings. The van der Waals surface area contributed by atoms with Crippen LogP contribution in [0.3, 0.4) is 0 Å². The standard InChI is InChI=1S/C27H30F2N6/c1-5-21-6-7-23(25-17-31-35(18-25)27(28)29)15-24(21)14-19(2)32-20(3)22-8-9-30-26(16-22)34-12-10-33(4)11-13-34/h5-9,14-18,27,32H,1,3,10-13H2,2,4H3/b19-14+. The second-order valence-electron chi connectivity index (χ2n) is 8.66. The fraction of sp³-hybridized carbons (Fsp3) is 0.259. The van der Waals surface area contributed by atoms with Gasteiger partial charge in [0, 0.05) is 61.1 Å². The molecule has 0 unspecified atom stereocenters. The summed E-state index contributed by atoms with van der Waals surface area (Å²) in [6, 6.07) is 9.74.